The number of fused-ring (bicyclic) bond motifs is 1. The number of rotatable bonds is 7. The average Bonchev–Trinajstić information content (AvgIpc) is 3.30. The molecule has 1 atom stereocenters. The van der Waals surface area contributed by atoms with E-state index in [-0.39, 0.29) is 22.8 Å². The van der Waals surface area contributed by atoms with E-state index in [9.17, 15) is 19.8 Å². The number of aromatic nitrogens is 2. The summed E-state index contributed by atoms with van der Waals surface area (Å²) in [5, 5.41) is 21.2. The molecule has 1 aromatic carbocycles. The second kappa shape index (κ2) is 9.30. The first kappa shape index (κ1) is 23.5. The Morgan fingerprint density at radius 3 is 2.38 bits per heavy atom. The number of phenols is 1. The third-order valence-electron chi connectivity index (χ3n) is 6.61. The third-order valence-corrected chi connectivity index (χ3v) is 6.61. The molecule has 0 radical (unpaired) electrons. The summed E-state index contributed by atoms with van der Waals surface area (Å²) in [4.78, 5) is 34.7. The summed E-state index contributed by atoms with van der Waals surface area (Å²) in [5.74, 6) is -1.59. The predicted molar refractivity (Wildman–Crippen MR) is 130 cm³/mol. The molecule has 178 valence electrons. The Hall–Kier alpha value is -3.65. The number of phenolic OH excluding ortho intramolecular Hbond substituents is 1. The van der Waals surface area contributed by atoms with Crippen LogP contribution in [0.25, 0.3) is 11.4 Å². The first-order valence-corrected chi connectivity index (χ1v) is 11.5. The minimum Gasteiger partial charge on any atom is -0.508 e. The number of hydrogen-bond donors (Lipinski definition) is 2. The number of aryl methyl sites for hydroxylation is 2. The number of aliphatic hydroxyl groups is 1. The molecule has 2 aromatic heterocycles. The molecule has 1 fully saturated rings. The maximum atomic E-state index is 13.3. The minimum absolute atomic E-state index is 0.0133. The van der Waals surface area contributed by atoms with Crippen LogP contribution < -0.4 is 0 Å². The van der Waals surface area contributed by atoms with Gasteiger partial charge >= 0.3 is 0 Å². The van der Waals surface area contributed by atoms with E-state index < -0.39 is 17.7 Å². The molecule has 1 aliphatic heterocycles. The van der Waals surface area contributed by atoms with Gasteiger partial charge in [-0.15, -0.1) is 0 Å². The van der Waals surface area contributed by atoms with Crippen LogP contribution in [0.3, 0.4) is 0 Å². The molecule has 3 heterocycles. The topological polar surface area (TPSA) is 98.4 Å². The molecule has 8 nitrogen and oxygen atoms in total. The second-order valence-corrected chi connectivity index (χ2v) is 8.54. The van der Waals surface area contributed by atoms with E-state index in [0.29, 0.717) is 30.0 Å². The van der Waals surface area contributed by atoms with Crippen LogP contribution in [0.15, 0.2) is 48.2 Å². The fraction of sp³-hybridized carbons (Fsp3) is 0.346. The number of benzene rings is 1. The summed E-state index contributed by atoms with van der Waals surface area (Å²) in [6.07, 6.45) is 1.85. The van der Waals surface area contributed by atoms with Crippen LogP contribution in [0.4, 0.5) is 0 Å². The summed E-state index contributed by atoms with van der Waals surface area (Å²) in [6.45, 7) is 10.4. The molecule has 0 aliphatic carbocycles. The number of likely N-dealkylation sites (tertiary alicyclic amines) is 1. The number of likely N-dealkylation sites (N-methyl/N-ethyl adjacent to an activating group) is 1. The fourth-order valence-electron chi connectivity index (χ4n) is 4.58. The monoisotopic (exact) mass is 462 g/mol. The molecule has 3 aromatic rings. The van der Waals surface area contributed by atoms with Gasteiger partial charge in [-0.2, -0.15) is 0 Å². The van der Waals surface area contributed by atoms with Gasteiger partial charge in [0.25, 0.3) is 11.7 Å². The zero-order valence-corrected chi connectivity index (χ0v) is 19.9. The fourth-order valence-corrected chi connectivity index (χ4v) is 4.58. The number of imidazole rings is 1. The molecule has 4 rings (SSSR count). The van der Waals surface area contributed by atoms with E-state index in [1.807, 2.05) is 50.4 Å². The zero-order chi connectivity index (χ0) is 24.6. The van der Waals surface area contributed by atoms with Gasteiger partial charge in [-0.1, -0.05) is 32.0 Å². The van der Waals surface area contributed by atoms with E-state index in [4.69, 9.17) is 0 Å². The Morgan fingerprint density at radius 1 is 1.09 bits per heavy atom. The predicted octanol–water partition coefficient (Wildman–Crippen LogP) is 3.42. The highest BCUT2D eigenvalue weighted by molar-refractivity contribution is 6.46. The van der Waals surface area contributed by atoms with Crippen molar-refractivity contribution in [3.63, 3.8) is 0 Å². The van der Waals surface area contributed by atoms with Crippen LogP contribution in [0.2, 0.25) is 0 Å². The van der Waals surface area contributed by atoms with Crippen molar-refractivity contribution in [1.29, 1.82) is 0 Å². The van der Waals surface area contributed by atoms with Crippen LogP contribution in [0, 0.1) is 13.8 Å². The Bertz CT molecular complexity index is 1270. The quantitative estimate of drug-likeness (QED) is 0.317. The molecule has 8 heteroatoms. The molecule has 0 bridgehead atoms. The summed E-state index contributed by atoms with van der Waals surface area (Å²) >= 11 is 0. The number of ketones is 1. The standard InChI is InChI=1S/C26H30N4O4/c1-5-28(6-2)14-15-30-22(18-9-11-19(31)12-10-18)20(24(33)26(30)34)23(32)21-17(4)29-13-7-8-16(3)25(29)27-21/h7-13,22,31-32H,5-6,14-15H2,1-4H3. The number of aromatic hydroxyl groups is 1. The lowest BCUT2D eigenvalue weighted by Gasteiger charge is -2.28. The summed E-state index contributed by atoms with van der Waals surface area (Å²) in [7, 11) is 0. The number of pyridine rings is 1. The number of carbonyl (C=O) groups excluding carboxylic acids is 2. The number of carbonyl (C=O) groups is 2. The molecule has 1 aliphatic rings. The Balaban J connectivity index is 1.87. The van der Waals surface area contributed by atoms with Crippen molar-refractivity contribution in [1.82, 2.24) is 19.2 Å². The summed E-state index contributed by atoms with van der Waals surface area (Å²) < 4.78 is 1.86. The third kappa shape index (κ3) is 3.94. The van der Waals surface area contributed by atoms with Crippen LogP contribution in [0.5, 0.6) is 5.75 Å². The number of aliphatic hydroxyl groups excluding tert-OH is 1. The maximum absolute atomic E-state index is 13.3. The smallest absolute Gasteiger partial charge is 0.295 e. The van der Waals surface area contributed by atoms with Crippen LogP contribution >= 0.6 is 0 Å². The molecular weight excluding hydrogens is 432 g/mol. The van der Waals surface area contributed by atoms with Crippen molar-refractivity contribution in [3.05, 3.63) is 70.7 Å². The Labute approximate surface area is 198 Å². The second-order valence-electron chi connectivity index (χ2n) is 8.54. The minimum atomic E-state index is -0.776. The molecule has 0 saturated carbocycles. The van der Waals surface area contributed by atoms with Gasteiger partial charge in [0.15, 0.2) is 5.76 Å². The molecular formula is C26H30N4O4. The maximum Gasteiger partial charge on any atom is 0.295 e. The average molecular weight is 463 g/mol. The SMILES string of the molecule is CCN(CC)CCN1C(=O)C(=O)C(=C(O)c2nc3c(C)cccn3c2C)C1c1ccc(O)cc1. The zero-order valence-electron chi connectivity index (χ0n) is 19.9. The van der Waals surface area contributed by atoms with Crippen LogP contribution in [-0.4, -0.2) is 67.3 Å². The lowest BCUT2D eigenvalue weighted by atomic mass is 9.96. The van der Waals surface area contributed by atoms with E-state index >= 15 is 0 Å². The number of hydrogen-bond acceptors (Lipinski definition) is 6. The van der Waals surface area contributed by atoms with Crippen molar-refractivity contribution in [3.8, 4) is 5.75 Å². The van der Waals surface area contributed by atoms with E-state index in [1.165, 1.54) is 17.0 Å². The van der Waals surface area contributed by atoms with Crippen molar-refractivity contribution < 1.29 is 19.8 Å². The highest BCUT2D eigenvalue weighted by atomic mass is 16.3. The molecule has 1 unspecified atom stereocenters. The molecule has 1 amide bonds. The Kier molecular flexibility index (Phi) is 6.43. The molecule has 0 spiro atoms. The van der Waals surface area contributed by atoms with Gasteiger partial charge < -0.3 is 24.4 Å². The van der Waals surface area contributed by atoms with Crippen LogP contribution in [0.1, 0.15) is 42.4 Å². The van der Waals surface area contributed by atoms with Gasteiger partial charge in [-0.25, -0.2) is 4.98 Å². The highest BCUT2D eigenvalue weighted by Gasteiger charge is 2.46. The number of Topliss-reactive ketones (excluding diaryl/α,β-unsaturated/α-hetero) is 1. The lowest BCUT2D eigenvalue weighted by molar-refractivity contribution is -0.140. The van der Waals surface area contributed by atoms with Crippen molar-refractivity contribution >= 4 is 23.1 Å². The number of nitrogens with zero attached hydrogens (tertiary/aromatic N) is 4. The van der Waals surface area contributed by atoms with E-state index in [0.717, 1.165) is 18.7 Å². The highest BCUT2D eigenvalue weighted by Crippen LogP contribution is 2.40. The van der Waals surface area contributed by atoms with Gasteiger partial charge in [0, 0.05) is 19.3 Å². The van der Waals surface area contributed by atoms with Crippen molar-refractivity contribution in [2.24, 2.45) is 0 Å². The molecule has 1 saturated heterocycles. The summed E-state index contributed by atoms with van der Waals surface area (Å²) in [6, 6.07) is 9.41. The first-order valence-electron chi connectivity index (χ1n) is 11.5. The number of amides is 1. The Morgan fingerprint density at radius 2 is 1.76 bits per heavy atom. The summed E-state index contributed by atoms with van der Waals surface area (Å²) in [5.41, 5.74) is 3.21. The van der Waals surface area contributed by atoms with E-state index in [1.54, 1.807) is 12.1 Å². The molecule has 34 heavy (non-hydrogen) atoms. The van der Waals surface area contributed by atoms with Gasteiger partial charge in [-0.3, -0.25) is 9.59 Å². The normalized spacial score (nSPS) is 17.9. The van der Waals surface area contributed by atoms with Crippen LogP contribution in [-0.2, 0) is 9.59 Å². The largest absolute Gasteiger partial charge is 0.508 e. The van der Waals surface area contributed by atoms with Gasteiger partial charge in [0.05, 0.1) is 17.3 Å². The van der Waals surface area contributed by atoms with Crippen molar-refractivity contribution in [2.45, 2.75) is 33.7 Å². The first-order chi connectivity index (χ1) is 16.3. The van der Waals surface area contributed by atoms with Gasteiger partial charge in [0.1, 0.15) is 17.1 Å². The lowest BCUT2D eigenvalue weighted by Crippen LogP contribution is -2.38. The molecule has 2 N–H and O–H groups in total. The van der Waals surface area contributed by atoms with Gasteiger partial charge in [-0.05, 0) is 56.3 Å². The van der Waals surface area contributed by atoms with Crippen molar-refractivity contribution in [2.75, 3.05) is 26.2 Å². The van der Waals surface area contributed by atoms with Gasteiger partial charge in [0.2, 0.25) is 0 Å². The van der Waals surface area contributed by atoms with E-state index in [2.05, 4.69) is 9.88 Å².